The highest BCUT2D eigenvalue weighted by Crippen LogP contribution is 2.30. The molecule has 0 radical (unpaired) electrons. The quantitative estimate of drug-likeness (QED) is 0.817. The Bertz CT molecular complexity index is 535. The summed E-state index contributed by atoms with van der Waals surface area (Å²) in [5.74, 6) is -1.01. The number of carboxylic acids is 1. The van der Waals surface area contributed by atoms with Gasteiger partial charge in [-0.1, -0.05) is 0 Å². The fourth-order valence-electron chi connectivity index (χ4n) is 2.13. The average Bonchev–Trinajstić information content (AvgIpc) is 2.94. The molecule has 1 aromatic heterocycles. The summed E-state index contributed by atoms with van der Waals surface area (Å²) in [5, 5.41) is 13.1. The summed E-state index contributed by atoms with van der Waals surface area (Å²) in [6, 6.07) is 1.80. The van der Waals surface area contributed by atoms with Crippen LogP contribution in [0, 0.1) is 5.41 Å². The molecule has 1 saturated heterocycles. The van der Waals surface area contributed by atoms with E-state index in [1.807, 2.05) is 0 Å². The molecule has 0 bridgehead atoms. The largest absolute Gasteiger partial charge is 0.481 e. The lowest BCUT2D eigenvalue weighted by Crippen LogP contribution is -2.34. The zero-order valence-electron chi connectivity index (χ0n) is 11.0. The lowest BCUT2D eigenvalue weighted by molar-refractivity contribution is -0.147. The third-order valence-electron chi connectivity index (χ3n) is 3.56. The van der Waals surface area contributed by atoms with Crippen molar-refractivity contribution in [3.8, 4) is 0 Å². The molecule has 1 aliphatic rings. The maximum atomic E-state index is 12.0. The van der Waals surface area contributed by atoms with Crippen LogP contribution in [0.25, 0.3) is 6.08 Å². The smallest absolute Gasteiger partial charge is 0.311 e. The standard InChI is InChI=1S/C13H17N3O3/c1-13(12(18)19)6-8-16(9-13)11(17)4-3-10-5-7-14-15(10)2/h3-5,7H,6,8-9H2,1-2H3,(H,18,19)/b4-3-/t13-/m0/s1. The summed E-state index contributed by atoms with van der Waals surface area (Å²) >= 11 is 0. The number of nitrogens with zero attached hydrogens (tertiary/aromatic N) is 3. The first kappa shape index (κ1) is 13.3. The van der Waals surface area contributed by atoms with Crippen LogP contribution in [0.15, 0.2) is 18.3 Å². The molecule has 1 atom stereocenters. The van der Waals surface area contributed by atoms with Gasteiger partial charge in [-0.2, -0.15) is 5.10 Å². The fraction of sp³-hybridized carbons (Fsp3) is 0.462. The number of likely N-dealkylation sites (tertiary alicyclic amines) is 1. The first-order valence-corrected chi connectivity index (χ1v) is 6.11. The molecule has 0 aliphatic carbocycles. The second-order valence-corrected chi connectivity index (χ2v) is 5.09. The van der Waals surface area contributed by atoms with Gasteiger partial charge < -0.3 is 10.0 Å². The van der Waals surface area contributed by atoms with Gasteiger partial charge in [-0.25, -0.2) is 0 Å². The van der Waals surface area contributed by atoms with Gasteiger partial charge in [-0.05, 0) is 25.5 Å². The van der Waals surface area contributed by atoms with Gasteiger partial charge >= 0.3 is 5.97 Å². The number of amides is 1. The van der Waals surface area contributed by atoms with Crippen LogP contribution in [0.1, 0.15) is 19.0 Å². The van der Waals surface area contributed by atoms with Crippen molar-refractivity contribution in [1.29, 1.82) is 0 Å². The zero-order chi connectivity index (χ0) is 14.0. The van der Waals surface area contributed by atoms with E-state index in [-0.39, 0.29) is 12.5 Å². The summed E-state index contributed by atoms with van der Waals surface area (Å²) in [7, 11) is 1.79. The summed E-state index contributed by atoms with van der Waals surface area (Å²) in [6.45, 7) is 2.42. The van der Waals surface area contributed by atoms with Crippen molar-refractivity contribution in [3.05, 3.63) is 24.0 Å². The summed E-state index contributed by atoms with van der Waals surface area (Å²) in [6.07, 6.45) is 5.30. The van der Waals surface area contributed by atoms with Gasteiger partial charge in [0.1, 0.15) is 0 Å². The van der Waals surface area contributed by atoms with E-state index in [9.17, 15) is 9.59 Å². The number of aromatic nitrogens is 2. The number of rotatable bonds is 3. The van der Waals surface area contributed by atoms with Crippen molar-refractivity contribution in [2.45, 2.75) is 13.3 Å². The van der Waals surface area contributed by atoms with Crippen LogP contribution in [0.3, 0.4) is 0 Å². The van der Waals surface area contributed by atoms with Crippen LogP contribution in [0.2, 0.25) is 0 Å². The number of hydrogen-bond acceptors (Lipinski definition) is 3. The highest BCUT2D eigenvalue weighted by molar-refractivity contribution is 5.92. The summed E-state index contributed by atoms with van der Waals surface area (Å²) < 4.78 is 1.66. The van der Waals surface area contributed by atoms with Crippen LogP contribution >= 0.6 is 0 Å². The molecular weight excluding hydrogens is 246 g/mol. The van der Waals surface area contributed by atoms with Crippen LogP contribution in [0.4, 0.5) is 0 Å². The molecule has 2 rings (SSSR count). The first-order valence-electron chi connectivity index (χ1n) is 6.11. The Labute approximate surface area is 111 Å². The van der Waals surface area contributed by atoms with Gasteiger partial charge in [-0.15, -0.1) is 0 Å². The van der Waals surface area contributed by atoms with Gasteiger partial charge in [0.15, 0.2) is 0 Å². The number of aliphatic carboxylic acids is 1. The van der Waals surface area contributed by atoms with E-state index >= 15 is 0 Å². The molecule has 0 unspecified atom stereocenters. The molecule has 1 aromatic rings. The van der Waals surface area contributed by atoms with Crippen molar-refractivity contribution in [1.82, 2.24) is 14.7 Å². The van der Waals surface area contributed by atoms with Gasteiger partial charge in [0.25, 0.3) is 0 Å². The predicted octanol–water partition coefficient (Wildman–Crippen LogP) is 0.756. The topological polar surface area (TPSA) is 75.4 Å². The van der Waals surface area contributed by atoms with E-state index in [4.69, 9.17) is 5.11 Å². The first-order chi connectivity index (χ1) is 8.92. The second-order valence-electron chi connectivity index (χ2n) is 5.09. The Balaban J connectivity index is 2.01. The van der Waals surface area contributed by atoms with Gasteiger partial charge in [-0.3, -0.25) is 14.3 Å². The number of carboxylic acid groups (broad SMARTS) is 1. The summed E-state index contributed by atoms with van der Waals surface area (Å²) in [5.41, 5.74) is 0.00397. The van der Waals surface area contributed by atoms with E-state index in [0.717, 1.165) is 5.69 Å². The van der Waals surface area contributed by atoms with Crippen LogP contribution < -0.4 is 0 Å². The van der Waals surface area contributed by atoms with Gasteiger partial charge in [0.05, 0.1) is 11.1 Å². The van der Waals surface area contributed by atoms with Crippen molar-refractivity contribution in [3.63, 3.8) is 0 Å². The van der Waals surface area contributed by atoms with E-state index < -0.39 is 11.4 Å². The van der Waals surface area contributed by atoms with Crippen molar-refractivity contribution >= 4 is 18.0 Å². The van der Waals surface area contributed by atoms with Crippen molar-refractivity contribution in [2.24, 2.45) is 12.5 Å². The molecule has 1 N–H and O–H groups in total. The van der Waals surface area contributed by atoms with E-state index in [0.29, 0.717) is 13.0 Å². The predicted molar refractivity (Wildman–Crippen MR) is 69.2 cm³/mol. The number of hydrogen-bond donors (Lipinski definition) is 1. The molecule has 1 aliphatic heterocycles. The third-order valence-corrected chi connectivity index (χ3v) is 3.56. The number of aryl methyl sites for hydroxylation is 1. The van der Waals surface area contributed by atoms with Crippen LogP contribution in [0.5, 0.6) is 0 Å². The minimum Gasteiger partial charge on any atom is -0.481 e. The highest BCUT2D eigenvalue weighted by atomic mass is 16.4. The van der Waals surface area contributed by atoms with E-state index in [1.54, 1.807) is 41.9 Å². The Kier molecular flexibility index (Phi) is 3.42. The maximum absolute atomic E-state index is 12.0. The number of carbonyl (C=O) groups excluding carboxylic acids is 1. The molecule has 6 heteroatoms. The normalized spacial score (nSPS) is 23.2. The molecule has 0 saturated carbocycles. The Morgan fingerprint density at radius 3 is 2.79 bits per heavy atom. The Morgan fingerprint density at radius 2 is 2.26 bits per heavy atom. The lowest BCUT2D eigenvalue weighted by atomic mass is 9.90. The lowest BCUT2D eigenvalue weighted by Gasteiger charge is -2.18. The molecule has 19 heavy (non-hydrogen) atoms. The zero-order valence-corrected chi connectivity index (χ0v) is 11.0. The van der Waals surface area contributed by atoms with Crippen molar-refractivity contribution < 1.29 is 14.7 Å². The Hall–Kier alpha value is -2.11. The highest BCUT2D eigenvalue weighted by Gasteiger charge is 2.41. The SMILES string of the molecule is Cn1nccc1/C=C\C(=O)N1CC[C@](C)(C(=O)O)C1. The molecule has 1 amide bonds. The Morgan fingerprint density at radius 1 is 1.53 bits per heavy atom. The third kappa shape index (κ3) is 2.67. The second kappa shape index (κ2) is 4.87. The fourth-order valence-corrected chi connectivity index (χ4v) is 2.13. The maximum Gasteiger partial charge on any atom is 0.311 e. The minimum absolute atomic E-state index is 0.161. The minimum atomic E-state index is -0.849. The van der Waals surface area contributed by atoms with Gasteiger partial charge in [0, 0.05) is 32.4 Å². The average molecular weight is 263 g/mol. The van der Waals surface area contributed by atoms with Crippen molar-refractivity contribution in [2.75, 3.05) is 13.1 Å². The molecule has 102 valence electrons. The summed E-state index contributed by atoms with van der Waals surface area (Å²) in [4.78, 5) is 24.7. The molecule has 0 spiro atoms. The van der Waals surface area contributed by atoms with E-state index in [2.05, 4.69) is 5.10 Å². The van der Waals surface area contributed by atoms with Gasteiger partial charge in [0.2, 0.25) is 5.91 Å². The molecule has 6 nitrogen and oxygen atoms in total. The van der Waals surface area contributed by atoms with E-state index in [1.165, 1.54) is 6.08 Å². The molecule has 0 aromatic carbocycles. The molecule has 1 fully saturated rings. The number of carbonyl (C=O) groups is 2. The molecular formula is C13H17N3O3. The molecule has 2 heterocycles. The van der Waals surface area contributed by atoms with Crippen LogP contribution in [-0.4, -0.2) is 44.8 Å². The van der Waals surface area contributed by atoms with Crippen LogP contribution in [-0.2, 0) is 16.6 Å². The monoisotopic (exact) mass is 263 g/mol.